The molecule has 6 heteroatoms. The van der Waals surface area contributed by atoms with Gasteiger partial charge in [-0.05, 0) is 37.8 Å². The molecule has 0 aliphatic carbocycles. The number of rotatable bonds is 7. The zero-order valence-electron chi connectivity index (χ0n) is 11.4. The predicted octanol–water partition coefficient (Wildman–Crippen LogP) is -0.0360. The highest BCUT2D eigenvalue weighted by molar-refractivity contribution is 5.83. The Morgan fingerprint density at radius 2 is 2.21 bits per heavy atom. The van der Waals surface area contributed by atoms with E-state index in [-0.39, 0.29) is 24.9 Å². The minimum atomic E-state index is -1.10. The molecule has 110 valence electrons. The Labute approximate surface area is 113 Å². The van der Waals surface area contributed by atoms with E-state index >= 15 is 0 Å². The van der Waals surface area contributed by atoms with E-state index in [1.807, 2.05) is 6.92 Å². The smallest absolute Gasteiger partial charge is 0.326 e. The van der Waals surface area contributed by atoms with Crippen molar-refractivity contribution in [3.05, 3.63) is 0 Å². The van der Waals surface area contributed by atoms with Crippen LogP contribution >= 0.6 is 0 Å². The molecule has 6 nitrogen and oxygen atoms in total. The van der Waals surface area contributed by atoms with Gasteiger partial charge in [-0.2, -0.15) is 0 Å². The van der Waals surface area contributed by atoms with Crippen molar-refractivity contribution in [1.82, 2.24) is 10.6 Å². The third-order valence-electron chi connectivity index (χ3n) is 3.70. The van der Waals surface area contributed by atoms with Gasteiger partial charge in [0.25, 0.3) is 0 Å². The Kier molecular flexibility index (Phi) is 6.80. The zero-order chi connectivity index (χ0) is 14.3. The molecule has 1 heterocycles. The summed E-state index contributed by atoms with van der Waals surface area (Å²) < 4.78 is 0. The first-order valence-corrected chi connectivity index (χ1v) is 6.88. The van der Waals surface area contributed by atoms with E-state index < -0.39 is 12.0 Å². The van der Waals surface area contributed by atoms with Crippen LogP contribution in [0.4, 0.5) is 0 Å². The molecule has 0 bridgehead atoms. The fraction of sp³-hybridized carbons (Fsp3) is 0.846. The number of amides is 1. The summed E-state index contributed by atoms with van der Waals surface area (Å²) in [5.74, 6) is -0.648. The lowest BCUT2D eigenvalue weighted by Gasteiger charge is -2.28. The molecule has 0 aromatic heterocycles. The monoisotopic (exact) mass is 272 g/mol. The van der Waals surface area contributed by atoms with Crippen LogP contribution in [0.15, 0.2) is 0 Å². The van der Waals surface area contributed by atoms with E-state index in [9.17, 15) is 9.59 Å². The van der Waals surface area contributed by atoms with Crippen molar-refractivity contribution in [2.75, 3.05) is 19.7 Å². The van der Waals surface area contributed by atoms with Crippen LogP contribution in [-0.4, -0.2) is 47.8 Å². The van der Waals surface area contributed by atoms with Gasteiger partial charge < -0.3 is 20.8 Å². The molecule has 19 heavy (non-hydrogen) atoms. The maximum absolute atomic E-state index is 11.8. The second-order valence-electron chi connectivity index (χ2n) is 5.26. The summed E-state index contributed by atoms with van der Waals surface area (Å²) in [6.07, 6.45) is 2.61. The second kappa shape index (κ2) is 8.12. The number of aliphatic carboxylic acids is 1. The molecule has 3 atom stereocenters. The first kappa shape index (κ1) is 15.9. The van der Waals surface area contributed by atoms with E-state index in [0.717, 1.165) is 25.9 Å². The Hall–Kier alpha value is -1.14. The molecule has 0 aromatic rings. The number of carboxylic acid groups (broad SMARTS) is 1. The molecule has 4 N–H and O–H groups in total. The van der Waals surface area contributed by atoms with Crippen LogP contribution in [0.5, 0.6) is 0 Å². The van der Waals surface area contributed by atoms with Gasteiger partial charge in [0.2, 0.25) is 5.91 Å². The number of nitrogens with one attached hydrogen (secondary N) is 2. The first-order chi connectivity index (χ1) is 9.04. The Bertz CT molecular complexity index is 303. The topological polar surface area (TPSA) is 98.7 Å². The van der Waals surface area contributed by atoms with Gasteiger partial charge in [-0.1, -0.05) is 6.92 Å². The van der Waals surface area contributed by atoms with Crippen LogP contribution in [0.25, 0.3) is 0 Å². The van der Waals surface area contributed by atoms with Crippen molar-refractivity contribution in [3.8, 4) is 0 Å². The third-order valence-corrected chi connectivity index (χ3v) is 3.70. The van der Waals surface area contributed by atoms with Crippen LogP contribution in [-0.2, 0) is 9.59 Å². The standard InChI is InChI=1S/C13H24N2O4/c1-9(10-3-2-5-14-8-10)7-12(17)15-11(4-6-16)13(18)19/h9-11,14,16H,2-8H2,1H3,(H,15,17)(H,18,19). The average Bonchev–Trinajstić information content (AvgIpc) is 2.39. The van der Waals surface area contributed by atoms with Gasteiger partial charge in [0, 0.05) is 19.4 Å². The number of aliphatic hydroxyl groups is 1. The van der Waals surface area contributed by atoms with Crippen molar-refractivity contribution < 1.29 is 19.8 Å². The average molecular weight is 272 g/mol. The Balaban J connectivity index is 2.38. The van der Waals surface area contributed by atoms with Crippen molar-refractivity contribution in [3.63, 3.8) is 0 Å². The highest BCUT2D eigenvalue weighted by Crippen LogP contribution is 2.22. The minimum absolute atomic E-state index is 0.0421. The van der Waals surface area contributed by atoms with Gasteiger partial charge in [0.05, 0.1) is 0 Å². The van der Waals surface area contributed by atoms with E-state index in [2.05, 4.69) is 10.6 Å². The maximum atomic E-state index is 11.8. The summed E-state index contributed by atoms with van der Waals surface area (Å²) in [6, 6.07) is -0.991. The molecular weight excluding hydrogens is 248 g/mol. The van der Waals surface area contributed by atoms with Crippen LogP contribution in [0.3, 0.4) is 0 Å². The number of carbonyl (C=O) groups excluding carboxylic acids is 1. The largest absolute Gasteiger partial charge is 0.480 e. The lowest BCUT2D eigenvalue weighted by atomic mass is 9.85. The molecule has 0 saturated carbocycles. The van der Waals surface area contributed by atoms with Gasteiger partial charge >= 0.3 is 5.97 Å². The lowest BCUT2D eigenvalue weighted by Crippen LogP contribution is -2.43. The lowest BCUT2D eigenvalue weighted by molar-refractivity contribution is -0.142. The van der Waals surface area contributed by atoms with Gasteiger partial charge in [0.1, 0.15) is 6.04 Å². The number of hydrogen-bond donors (Lipinski definition) is 4. The van der Waals surface area contributed by atoms with Gasteiger partial charge in [-0.15, -0.1) is 0 Å². The van der Waals surface area contributed by atoms with E-state index in [1.165, 1.54) is 0 Å². The quantitative estimate of drug-likeness (QED) is 0.521. The van der Waals surface area contributed by atoms with Crippen molar-refractivity contribution in [2.24, 2.45) is 11.8 Å². The highest BCUT2D eigenvalue weighted by atomic mass is 16.4. The molecule has 0 spiro atoms. The number of piperidine rings is 1. The van der Waals surface area contributed by atoms with Gasteiger partial charge in [-0.3, -0.25) is 4.79 Å². The fourth-order valence-corrected chi connectivity index (χ4v) is 2.46. The van der Waals surface area contributed by atoms with Crippen molar-refractivity contribution >= 4 is 11.9 Å². The van der Waals surface area contributed by atoms with Crippen LogP contribution in [0.1, 0.15) is 32.6 Å². The van der Waals surface area contributed by atoms with Crippen molar-refractivity contribution in [2.45, 2.75) is 38.6 Å². The molecule has 1 fully saturated rings. The maximum Gasteiger partial charge on any atom is 0.326 e. The fourth-order valence-electron chi connectivity index (χ4n) is 2.46. The van der Waals surface area contributed by atoms with Crippen LogP contribution in [0.2, 0.25) is 0 Å². The molecule has 1 amide bonds. The predicted molar refractivity (Wildman–Crippen MR) is 70.6 cm³/mol. The summed E-state index contributed by atoms with van der Waals surface area (Å²) in [7, 11) is 0. The van der Waals surface area contributed by atoms with Gasteiger partial charge in [-0.25, -0.2) is 4.79 Å². The van der Waals surface area contributed by atoms with Gasteiger partial charge in [0.15, 0.2) is 0 Å². The minimum Gasteiger partial charge on any atom is -0.480 e. The Morgan fingerprint density at radius 3 is 2.74 bits per heavy atom. The van der Waals surface area contributed by atoms with E-state index in [0.29, 0.717) is 12.3 Å². The summed E-state index contributed by atoms with van der Waals surface area (Å²) in [5.41, 5.74) is 0. The second-order valence-corrected chi connectivity index (χ2v) is 5.26. The first-order valence-electron chi connectivity index (χ1n) is 6.88. The molecule has 1 rings (SSSR count). The van der Waals surface area contributed by atoms with Crippen LogP contribution < -0.4 is 10.6 Å². The zero-order valence-corrected chi connectivity index (χ0v) is 11.4. The van der Waals surface area contributed by atoms with E-state index in [1.54, 1.807) is 0 Å². The number of aliphatic hydroxyl groups excluding tert-OH is 1. The van der Waals surface area contributed by atoms with Crippen LogP contribution in [0, 0.1) is 11.8 Å². The normalized spacial score (nSPS) is 22.5. The molecule has 1 saturated heterocycles. The summed E-state index contributed by atoms with van der Waals surface area (Å²) in [4.78, 5) is 22.7. The molecule has 0 radical (unpaired) electrons. The molecule has 1 aliphatic heterocycles. The molecule has 1 aliphatic rings. The molecule has 0 aromatic carbocycles. The number of hydrogen-bond acceptors (Lipinski definition) is 4. The Morgan fingerprint density at radius 1 is 1.47 bits per heavy atom. The summed E-state index contributed by atoms with van der Waals surface area (Å²) in [5, 5.41) is 23.4. The summed E-state index contributed by atoms with van der Waals surface area (Å²) >= 11 is 0. The number of carboxylic acids is 1. The van der Waals surface area contributed by atoms with Crippen molar-refractivity contribution in [1.29, 1.82) is 0 Å². The number of carbonyl (C=O) groups is 2. The SMILES string of the molecule is CC(CC(=O)NC(CCO)C(=O)O)C1CCCNC1. The molecule has 3 unspecified atom stereocenters. The third kappa shape index (κ3) is 5.57. The highest BCUT2D eigenvalue weighted by Gasteiger charge is 2.24. The van der Waals surface area contributed by atoms with E-state index in [4.69, 9.17) is 10.2 Å². The summed E-state index contributed by atoms with van der Waals surface area (Å²) in [6.45, 7) is 3.73. The molecular formula is C13H24N2O4.